The molecule has 1 fully saturated rings. The van der Waals surface area contributed by atoms with E-state index in [1.807, 2.05) is 13.8 Å². The van der Waals surface area contributed by atoms with Gasteiger partial charge in [0, 0.05) is 17.9 Å². The minimum absolute atomic E-state index is 0.0480. The Labute approximate surface area is 88.5 Å². The van der Waals surface area contributed by atoms with Crippen molar-refractivity contribution in [3.63, 3.8) is 0 Å². The SMILES string of the molecule is Cc1nc(C2CCCO2)nc(Cl)c1C. The van der Waals surface area contributed by atoms with E-state index in [-0.39, 0.29) is 6.10 Å². The van der Waals surface area contributed by atoms with E-state index in [2.05, 4.69) is 9.97 Å². The lowest BCUT2D eigenvalue weighted by Crippen LogP contribution is -2.05. The van der Waals surface area contributed by atoms with E-state index in [9.17, 15) is 0 Å². The van der Waals surface area contributed by atoms with Gasteiger partial charge in [-0.05, 0) is 26.7 Å². The summed E-state index contributed by atoms with van der Waals surface area (Å²) in [6.45, 7) is 4.68. The second kappa shape index (κ2) is 3.83. The molecule has 0 saturated carbocycles. The summed E-state index contributed by atoms with van der Waals surface area (Å²) in [4.78, 5) is 8.64. The fourth-order valence-corrected chi connectivity index (χ4v) is 1.76. The van der Waals surface area contributed by atoms with Crippen molar-refractivity contribution < 1.29 is 4.74 Å². The van der Waals surface area contributed by atoms with Crippen LogP contribution >= 0.6 is 11.6 Å². The molecule has 1 aromatic heterocycles. The highest BCUT2D eigenvalue weighted by Crippen LogP contribution is 2.27. The molecule has 4 heteroatoms. The van der Waals surface area contributed by atoms with Crippen LogP contribution < -0.4 is 0 Å². The zero-order valence-corrected chi connectivity index (χ0v) is 9.14. The van der Waals surface area contributed by atoms with Crippen molar-refractivity contribution in [1.82, 2.24) is 9.97 Å². The average Bonchev–Trinajstić information content (AvgIpc) is 2.66. The fourth-order valence-electron chi connectivity index (χ4n) is 1.54. The van der Waals surface area contributed by atoms with Crippen LogP contribution in [0.1, 0.15) is 36.0 Å². The van der Waals surface area contributed by atoms with Gasteiger partial charge in [0.2, 0.25) is 0 Å². The van der Waals surface area contributed by atoms with Gasteiger partial charge in [-0.15, -0.1) is 0 Å². The maximum Gasteiger partial charge on any atom is 0.159 e. The molecule has 0 aromatic carbocycles. The molecule has 1 unspecified atom stereocenters. The van der Waals surface area contributed by atoms with Gasteiger partial charge in [0.25, 0.3) is 0 Å². The first kappa shape index (κ1) is 9.87. The molecule has 1 atom stereocenters. The van der Waals surface area contributed by atoms with E-state index >= 15 is 0 Å². The van der Waals surface area contributed by atoms with Gasteiger partial charge in [0.05, 0.1) is 0 Å². The summed E-state index contributed by atoms with van der Waals surface area (Å²) in [6, 6.07) is 0. The molecule has 2 heterocycles. The lowest BCUT2D eigenvalue weighted by molar-refractivity contribution is 0.105. The van der Waals surface area contributed by atoms with E-state index in [1.165, 1.54) is 0 Å². The molecule has 0 aliphatic carbocycles. The molecule has 14 heavy (non-hydrogen) atoms. The van der Waals surface area contributed by atoms with Crippen LogP contribution in [-0.4, -0.2) is 16.6 Å². The predicted octanol–water partition coefficient (Wildman–Crippen LogP) is 2.60. The average molecular weight is 213 g/mol. The van der Waals surface area contributed by atoms with Gasteiger partial charge in [-0.25, -0.2) is 9.97 Å². The highest BCUT2D eigenvalue weighted by molar-refractivity contribution is 6.30. The Kier molecular flexibility index (Phi) is 2.70. The quantitative estimate of drug-likeness (QED) is 0.672. The van der Waals surface area contributed by atoms with Crippen LogP contribution in [0.15, 0.2) is 0 Å². The predicted molar refractivity (Wildman–Crippen MR) is 54.4 cm³/mol. The Morgan fingerprint density at radius 2 is 2.14 bits per heavy atom. The van der Waals surface area contributed by atoms with Gasteiger partial charge in [-0.1, -0.05) is 11.6 Å². The molecule has 3 nitrogen and oxygen atoms in total. The maximum absolute atomic E-state index is 5.99. The summed E-state index contributed by atoms with van der Waals surface area (Å²) in [7, 11) is 0. The van der Waals surface area contributed by atoms with Gasteiger partial charge < -0.3 is 4.74 Å². The lowest BCUT2D eigenvalue weighted by atomic mass is 10.2. The summed E-state index contributed by atoms with van der Waals surface area (Å²) < 4.78 is 5.51. The van der Waals surface area contributed by atoms with Gasteiger partial charge >= 0.3 is 0 Å². The van der Waals surface area contributed by atoms with Crippen LogP contribution in [0, 0.1) is 13.8 Å². The Balaban J connectivity index is 2.34. The molecular weight excluding hydrogens is 200 g/mol. The monoisotopic (exact) mass is 212 g/mol. The zero-order chi connectivity index (χ0) is 10.1. The van der Waals surface area contributed by atoms with E-state index in [0.29, 0.717) is 5.15 Å². The number of halogens is 1. The second-order valence-corrected chi connectivity index (χ2v) is 3.94. The first-order chi connectivity index (χ1) is 6.68. The summed E-state index contributed by atoms with van der Waals surface area (Å²) >= 11 is 5.99. The molecule has 76 valence electrons. The largest absolute Gasteiger partial charge is 0.370 e. The minimum Gasteiger partial charge on any atom is -0.370 e. The highest BCUT2D eigenvalue weighted by atomic mass is 35.5. The Hall–Kier alpha value is -0.670. The van der Waals surface area contributed by atoms with Crippen molar-refractivity contribution in [2.75, 3.05) is 6.61 Å². The highest BCUT2D eigenvalue weighted by Gasteiger charge is 2.21. The van der Waals surface area contributed by atoms with Gasteiger partial charge in [0.15, 0.2) is 5.82 Å². The van der Waals surface area contributed by atoms with Crippen LogP contribution in [0.3, 0.4) is 0 Å². The molecule has 0 spiro atoms. The van der Waals surface area contributed by atoms with Gasteiger partial charge in [-0.3, -0.25) is 0 Å². The van der Waals surface area contributed by atoms with Crippen molar-refractivity contribution >= 4 is 11.6 Å². The maximum atomic E-state index is 5.99. The molecule has 0 radical (unpaired) electrons. The van der Waals surface area contributed by atoms with Crippen molar-refractivity contribution in [2.24, 2.45) is 0 Å². The van der Waals surface area contributed by atoms with Crippen LogP contribution in [-0.2, 0) is 4.74 Å². The molecule has 0 amide bonds. The number of aryl methyl sites for hydroxylation is 1. The summed E-state index contributed by atoms with van der Waals surface area (Å²) in [5.41, 5.74) is 1.89. The standard InChI is InChI=1S/C10H13ClN2O/c1-6-7(2)12-10(13-9(6)11)8-4-3-5-14-8/h8H,3-5H2,1-2H3. The van der Waals surface area contributed by atoms with Crippen molar-refractivity contribution in [1.29, 1.82) is 0 Å². The zero-order valence-electron chi connectivity index (χ0n) is 8.38. The van der Waals surface area contributed by atoms with E-state index < -0.39 is 0 Å². The number of aromatic nitrogens is 2. The third-order valence-corrected chi connectivity index (χ3v) is 2.93. The summed E-state index contributed by atoms with van der Waals surface area (Å²) in [6.07, 6.45) is 2.13. The molecule has 2 rings (SSSR count). The van der Waals surface area contributed by atoms with Crippen molar-refractivity contribution in [2.45, 2.75) is 32.8 Å². The molecular formula is C10H13ClN2O. The number of hydrogen-bond donors (Lipinski definition) is 0. The third-order valence-electron chi connectivity index (χ3n) is 2.56. The Bertz CT molecular complexity index is 325. The first-order valence-corrected chi connectivity index (χ1v) is 5.18. The minimum atomic E-state index is 0.0480. The van der Waals surface area contributed by atoms with Crippen LogP contribution in [0.5, 0.6) is 0 Å². The van der Waals surface area contributed by atoms with Gasteiger partial charge in [0.1, 0.15) is 11.3 Å². The molecule has 1 saturated heterocycles. The second-order valence-electron chi connectivity index (χ2n) is 3.58. The van der Waals surface area contributed by atoms with Crippen molar-refractivity contribution in [3.05, 3.63) is 22.2 Å². The third kappa shape index (κ3) is 1.74. The number of hydrogen-bond acceptors (Lipinski definition) is 3. The number of nitrogens with zero attached hydrogens (tertiary/aromatic N) is 2. The molecule has 0 N–H and O–H groups in total. The normalized spacial score (nSPS) is 21.5. The Morgan fingerprint density at radius 1 is 1.36 bits per heavy atom. The first-order valence-electron chi connectivity index (χ1n) is 4.80. The molecule has 1 aliphatic heterocycles. The van der Waals surface area contributed by atoms with Gasteiger partial charge in [-0.2, -0.15) is 0 Å². The number of ether oxygens (including phenoxy) is 1. The number of rotatable bonds is 1. The van der Waals surface area contributed by atoms with Crippen LogP contribution in [0.2, 0.25) is 5.15 Å². The van der Waals surface area contributed by atoms with Crippen LogP contribution in [0.25, 0.3) is 0 Å². The summed E-state index contributed by atoms with van der Waals surface area (Å²) in [5, 5.41) is 0.544. The lowest BCUT2D eigenvalue weighted by Gasteiger charge is -2.10. The van der Waals surface area contributed by atoms with Crippen LogP contribution in [0.4, 0.5) is 0 Å². The van der Waals surface area contributed by atoms with E-state index in [4.69, 9.17) is 16.3 Å². The van der Waals surface area contributed by atoms with E-state index in [0.717, 1.165) is 36.5 Å². The topological polar surface area (TPSA) is 35.0 Å². The fraction of sp³-hybridized carbons (Fsp3) is 0.600. The summed E-state index contributed by atoms with van der Waals surface area (Å²) in [5.74, 6) is 0.732. The van der Waals surface area contributed by atoms with Crippen molar-refractivity contribution in [3.8, 4) is 0 Å². The van der Waals surface area contributed by atoms with E-state index in [1.54, 1.807) is 0 Å². The molecule has 1 aromatic rings. The molecule has 1 aliphatic rings. The molecule has 0 bridgehead atoms. The smallest absolute Gasteiger partial charge is 0.159 e. The Morgan fingerprint density at radius 3 is 2.71 bits per heavy atom.